The molecule has 0 atom stereocenters. The molecule has 0 aromatic heterocycles. The monoisotopic (exact) mass is 352 g/mol. The number of terminal acetylenes is 1. The fraction of sp³-hybridized carbons (Fsp3) is 0.333. The molecule has 1 N–H and O–H groups in total. The molecule has 0 unspecified atom stereocenters. The Hall–Kier alpha value is -3.18. The van der Waals surface area contributed by atoms with E-state index in [1.807, 2.05) is 32.9 Å². The Morgan fingerprint density at radius 3 is 2.69 bits per heavy atom. The summed E-state index contributed by atoms with van der Waals surface area (Å²) >= 11 is 0. The third kappa shape index (κ3) is 6.03. The lowest BCUT2D eigenvalue weighted by atomic mass is 10.0. The van der Waals surface area contributed by atoms with Crippen molar-refractivity contribution in [1.82, 2.24) is 5.32 Å². The Morgan fingerprint density at radius 2 is 2.15 bits per heavy atom. The van der Waals surface area contributed by atoms with Crippen molar-refractivity contribution in [3.63, 3.8) is 0 Å². The molecular formula is C21H24N2O3. The number of nitrogens with one attached hydrogen (secondary N) is 1. The molecule has 0 bridgehead atoms. The van der Waals surface area contributed by atoms with Crippen LogP contribution in [0.5, 0.6) is 11.5 Å². The van der Waals surface area contributed by atoms with Gasteiger partial charge in [-0.2, -0.15) is 5.26 Å². The minimum atomic E-state index is -0.418. The number of carbonyl (C=O) groups is 1. The second-order valence-corrected chi connectivity index (χ2v) is 5.72. The number of allylic oxidation sites excluding steroid dienone is 1. The van der Waals surface area contributed by atoms with Gasteiger partial charge in [0.1, 0.15) is 18.2 Å². The SMILES string of the molecule is C#CCOc1c(CC=C)cc(/C=C(/C#N)C(=O)NC(C)C)cc1OCC. The molecule has 1 amide bonds. The molecule has 0 saturated heterocycles. The van der Waals surface area contributed by atoms with Crippen LogP contribution in [0.1, 0.15) is 31.9 Å². The van der Waals surface area contributed by atoms with Crippen LogP contribution in [0.3, 0.4) is 0 Å². The van der Waals surface area contributed by atoms with Crippen LogP contribution in [0.15, 0.2) is 30.4 Å². The van der Waals surface area contributed by atoms with Gasteiger partial charge in [0.05, 0.1) is 6.61 Å². The van der Waals surface area contributed by atoms with Crippen molar-refractivity contribution in [3.8, 4) is 29.9 Å². The van der Waals surface area contributed by atoms with Crippen LogP contribution in [0.4, 0.5) is 0 Å². The predicted molar refractivity (Wildman–Crippen MR) is 103 cm³/mol. The summed E-state index contributed by atoms with van der Waals surface area (Å²) in [5.41, 5.74) is 1.49. The third-order valence-corrected chi connectivity index (χ3v) is 3.21. The molecule has 5 heteroatoms. The van der Waals surface area contributed by atoms with Crippen molar-refractivity contribution in [1.29, 1.82) is 5.26 Å². The molecule has 0 aliphatic heterocycles. The van der Waals surface area contributed by atoms with Crippen LogP contribution >= 0.6 is 0 Å². The molecule has 1 rings (SSSR count). The number of carbonyl (C=O) groups excluding carboxylic acids is 1. The maximum Gasteiger partial charge on any atom is 0.262 e. The van der Waals surface area contributed by atoms with Gasteiger partial charge < -0.3 is 14.8 Å². The summed E-state index contributed by atoms with van der Waals surface area (Å²) in [5, 5.41) is 12.0. The largest absolute Gasteiger partial charge is 0.490 e. The molecule has 1 aromatic carbocycles. The highest BCUT2D eigenvalue weighted by Gasteiger charge is 2.15. The Morgan fingerprint density at radius 1 is 1.42 bits per heavy atom. The van der Waals surface area contributed by atoms with Gasteiger partial charge in [0.15, 0.2) is 11.5 Å². The first-order chi connectivity index (χ1) is 12.5. The molecule has 1 aromatic rings. The number of nitrogens with zero attached hydrogens (tertiary/aromatic N) is 1. The van der Waals surface area contributed by atoms with Gasteiger partial charge in [-0.1, -0.05) is 12.0 Å². The smallest absolute Gasteiger partial charge is 0.262 e. The molecule has 0 saturated carbocycles. The quantitative estimate of drug-likeness (QED) is 0.320. The fourth-order valence-corrected chi connectivity index (χ4v) is 2.27. The molecule has 0 aliphatic carbocycles. The summed E-state index contributed by atoms with van der Waals surface area (Å²) in [4.78, 5) is 12.1. The maximum atomic E-state index is 12.1. The topological polar surface area (TPSA) is 71.3 Å². The van der Waals surface area contributed by atoms with E-state index in [9.17, 15) is 10.1 Å². The zero-order valence-corrected chi connectivity index (χ0v) is 15.5. The molecule has 0 radical (unpaired) electrons. The Labute approximate surface area is 155 Å². The number of hydrogen-bond donors (Lipinski definition) is 1. The summed E-state index contributed by atoms with van der Waals surface area (Å²) in [6.45, 7) is 9.82. The lowest BCUT2D eigenvalue weighted by Crippen LogP contribution is -2.30. The van der Waals surface area contributed by atoms with Gasteiger partial charge >= 0.3 is 0 Å². The van der Waals surface area contributed by atoms with Crippen molar-refractivity contribution < 1.29 is 14.3 Å². The van der Waals surface area contributed by atoms with Crippen molar-refractivity contribution in [3.05, 3.63) is 41.5 Å². The van der Waals surface area contributed by atoms with E-state index in [4.69, 9.17) is 15.9 Å². The zero-order valence-electron chi connectivity index (χ0n) is 15.5. The van der Waals surface area contributed by atoms with E-state index in [-0.39, 0.29) is 18.2 Å². The summed E-state index contributed by atoms with van der Waals surface area (Å²) in [5.74, 6) is 3.07. The average molecular weight is 352 g/mol. The fourth-order valence-electron chi connectivity index (χ4n) is 2.27. The molecule has 0 spiro atoms. The van der Waals surface area contributed by atoms with Crippen LogP contribution in [0.2, 0.25) is 0 Å². The number of hydrogen-bond acceptors (Lipinski definition) is 4. The summed E-state index contributed by atoms with van der Waals surface area (Å²) in [6, 6.07) is 5.43. The second-order valence-electron chi connectivity index (χ2n) is 5.72. The lowest BCUT2D eigenvalue weighted by molar-refractivity contribution is -0.117. The predicted octanol–water partition coefficient (Wildman–Crippen LogP) is 3.26. The summed E-state index contributed by atoms with van der Waals surface area (Å²) in [7, 11) is 0. The van der Waals surface area contributed by atoms with Crippen molar-refractivity contribution >= 4 is 12.0 Å². The number of ether oxygens (including phenoxy) is 2. The molecule has 5 nitrogen and oxygen atoms in total. The zero-order chi connectivity index (χ0) is 19.5. The third-order valence-electron chi connectivity index (χ3n) is 3.21. The van der Waals surface area contributed by atoms with E-state index < -0.39 is 5.91 Å². The van der Waals surface area contributed by atoms with Gasteiger partial charge in [-0.3, -0.25) is 4.79 Å². The van der Waals surface area contributed by atoms with E-state index in [1.165, 1.54) is 6.08 Å². The first-order valence-electron chi connectivity index (χ1n) is 8.36. The molecule has 0 fully saturated rings. The minimum Gasteiger partial charge on any atom is -0.490 e. The maximum absolute atomic E-state index is 12.1. The highest BCUT2D eigenvalue weighted by atomic mass is 16.5. The first kappa shape index (κ1) is 20.9. The number of benzene rings is 1. The second kappa shape index (κ2) is 10.6. The van der Waals surface area contributed by atoms with Gasteiger partial charge in [0.2, 0.25) is 0 Å². The molecule has 26 heavy (non-hydrogen) atoms. The van der Waals surface area contributed by atoms with E-state index in [1.54, 1.807) is 12.1 Å². The van der Waals surface area contributed by atoms with E-state index >= 15 is 0 Å². The standard InChI is InChI=1S/C21H24N2O3/c1-6-9-17-11-16(12-18(14-22)21(24)23-15(4)5)13-19(25-8-3)20(17)26-10-7-2/h2,6,11-13,15H,1,8-10H2,3-5H3,(H,23,24)/b18-12-. The average Bonchev–Trinajstić information content (AvgIpc) is 2.58. The Balaban J connectivity index is 3.40. The Bertz CT molecular complexity index is 765. The van der Waals surface area contributed by atoms with Gasteiger partial charge in [0.25, 0.3) is 5.91 Å². The Kier molecular flexibility index (Phi) is 8.54. The van der Waals surface area contributed by atoms with E-state index in [2.05, 4.69) is 17.8 Å². The van der Waals surface area contributed by atoms with Crippen LogP contribution in [-0.4, -0.2) is 25.2 Å². The summed E-state index contributed by atoms with van der Waals surface area (Å²) < 4.78 is 11.3. The van der Waals surface area contributed by atoms with Crippen molar-refractivity contribution in [2.75, 3.05) is 13.2 Å². The molecule has 136 valence electrons. The van der Waals surface area contributed by atoms with Crippen molar-refractivity contribution in [2.24, 2.45) is 0 Å². The van der Waals surface area contributed by atoms with E-state index in [0.717, 1.165) is 5.56 Å². The normalized spacial score (nSPS) is 10.6. The van der Waals surface area contributed by atoms with Crippen LogP contribution in [-0.2, 0) is 11.2 Å². The molecule has 0 aliphatic rings. The lowest BCUT2D eigenvalue weighted by Gasteiger charge is -2.16. The van der Waals surface area contributed by atoms with Crippen molar-refractivity contribution in [2.45, 2.75) is 33.2 Å². The van der Waals surface area contributed by atoms with Crippen LogP contribution in [0.25, 0.3) is 6.08 Å². The number of nitriles is 1. The van der Waals surface area contributed by atoms with Crippen LogP contribution in [0, 0.1) is 23.7 Å². The highest BCUT2D eigenvalue weighted by Crippen LogP contribution is 2.34. The van der Waals surface area contributed by atoms with Gasteiger partial charge in [-0.05, 0) is 51.0 Å². The summed E-state index contributed by atoms with van der Waals surface area (Å²) in [6.07, 6.45) is 9.07. The number of amides is 1. The first-order valence-corrected chi connectivity index (χ1v) is 8.36. The van der Waals surface area contributed by atoms with Gasteiger partial charge in [-0.15, -0.1) is 13.0 Å². The van der Waals surface area contributed by atoms with Gasteiger partial charge in [-0.25, -0.2) is 0 Å². The highest BCUT2D eigenvalue weighted by molar-refractivity contribution is 6.01. The van der Waals surface area contributed by atoms with Gasteiger partial charge in [0, 0.05) is 11.6 Å². The number of rotatable bonds is 9. The molecular weight excluding hydrogens is 328 g/mol. The van der Waals surface area contributed by atoms with E-state index in [0.29, 0.717) is 30.1 Å². The van der Waals surface area contributed by atoms with Crippen LogP contribution < -0.4 is 14.8 Å². The minimum absolute atomic E-state index is 0.0167. The molecule has 0 heterocycles.